The Morgan fingerprint density at radius 3 is 2.42 bits per heavy atom. The van der Waals surface area contributed by atoms with E-state index in [1.165, 1.54) is 18.7 Å². The zero-order valence-corrected chi connectivity index (χ0v) is 16.2. The summed E-state index contributed by atoms with van der Waals surface area (Å²) >= 11 is 0. The molecule has 1 aliphatic rings. The van der Waals surface area contributed by atoms with E-state index in [0.717, 1.165) is 0 Å². The third-order valence-corrected chi connectivity index (χ3v) is 4.23. The van der Waals surface area contributed by atoms with Gasteiger partial charge in [-0.15, -0.1) is 0 Å². The maximum absolute atomic E-state index is 12.5. The van der Waals surface area contributed by atoms with Gasteiger partial charge in [0.1, 0.15) is 0 Å². The van der Waals surface area contributed by atoms with Crippen LogP contribution in [-0.2, 0) is 25.2 Å². The molecule has 0 radical (unpaired) electrons. The van der Waals surface area contributed by atoms with Gasteiger partial charge in [-0.3, -0.25) is 19.2 Å². The van der Waals surface area contributed by atoms with E-state index in [1.54, 1.807) is 18.2 Å². The Labute approximate surface area is 154 Å². The van der Waals surface area contributed by atoms with Crippen molar-refractivity contribution in [3.05, 3.63) is 34.9 Å². The highest BCUT2D eigenvalue weighted by Gasteiger charge is 2.35. The van der Waals surface area contributed by atoms with Crippen LogP contribution in [0, 0.1) is 0 Å². The molecule has 1 atom stereocenters. The Kier molecular flexibility index (Phi) is 8.26. The third-order valence-electron chi connectivity index (χ3n) is 3.95. The van der Waals surface area contributed by atoms with Gasteiger partial charge in [-0.2, -0.15) is 0 Å². The minimum atomic E-state index is -0.776. The van der Waals surface area contributed by atoms with E-state index in [1.807, 2.05) is 13.8 Å². The average Bonchev–Trinajstić information content (AvgIpc) is 2.93. The fourth-order valence-electron chi connectivity index (χ4n) is 2.73. The van der Waals surface area contributed by atoms with Crippen LogP contribution in [-0.4, -0.2) is 34.4 Å². The summed E-state index contributed by atoms with van der Waals surface area (Å²) in [7, 11) is -0.745. The van der Waals surface area contributed by atoms with Gasteiger partial charge in [0.15, 0.2) is 11.6 Å². The van der Waals surface area contributed by atoms with Gasteiger partial charge < -0.3 is 9.42 Å². The Morgan fingerprint density at radius 2 is 1.88 bits per heavy atom. The molecule has 7 nitrogen and oxygen atoms in total. The topological polar surface area (TPSA) is 97.8 Å². The number of amides is 1. The fraction of sp³-hybridized carbons (Fsp3) is 0.444. The molecule has 1 aromatic carbocycles. The van der Waals surface area contributed by atoms with E-state index in [2.05, 4.69) is 4.52 Å². The fourth-order valence-corrected chi connectivity index (χ4v) is 2.91. The molecular formula is C18H22NO6P. The van der Waals surface area contributed by atoms with E-state index in [9.17, 15) is 23.7 Å². The Hall–Kier alpha value is -2.40. The maximum Gasteiger partial charge on any atom is 0.398 e. The highest BCUT2D eigenvalue weighted by atomic mass is 31.1. The van der Waals surface area contributed by atoms with E-state index >= 15 is 0 Å². The molecule has 0 saturated heterocycles. The van der Waals surface area contributed by atoms with Crippen LogP contribution in [0.2, 0.25) is 0 Å². The van der Waals surface area contributed by atoms with Crippen molar-refractivity contribution >= 4 is 32.1 Å². The first-order chi connectivity index (χ1) is 12.3. The monoisotopic (exact) mass is 379 g/mol. The first kappa shape index (κ1) is 21.6. The SMILES string of the molecule is CC.CC(=O)c1ccc2c(c1)CN(C(CCC(=O)OP=O)C(C)=O)C2=O. The van der Waals surface area contributed by atoms with E-state index < -0.39 is 20.7 Å². The normalized spacial score (nSPS) is 13.5. The van der Waals surface area contributed by atoms with Crippen molar-refractivity contribution in [1.82, 2.24) is 4.90 Å². The Balaban J connectivity index is 0.00000163. The number of fused-ring (bicyclic) bond motifs is 1. The lowest BCUT2D eigenvalue weighted by Crippen LogP contribution is -2.40. The van der Waals surface area contributed by atoms with Crippen molar-refractivity contribution in [2.75, 3.05) is 0 Å². The average molecular weight is 379 g/mol. The number of carbonyl (C=O) groups excluding carboxylic acids is 4. The van der Waals surface area contributed by atoms with E-state index in [4.69, 9.17) is 0 Å². The van der Waals surface area contributed by atoms with Gasteiger partial charge in [0, 0.05) is 24.1 Å². The van der Waals surface area contributed by atoms with Crippen LogP contribution in [0.5, 0.6) is 0 Å². The summed E-state index contributed by atoms with van der Waals surface area (Å²) in [6, 6.07) is 4.03. The predicted molar refractivity (Wildman–Crippen MR) is 95.1 cm³/mol. The number of carbonyl (C=O) groups is 4. The molecule has 26 heavy (non-hydrogen) atoms. The second kappa shape index (κ2) is 9.92. The standard InChI is InChI=1S/C16H16NO6P.C2H6/c1-9(18)11-3-4-13-12(7-11)8-17(16(13)21)14(10(2)19)5-6-15(20)23-24-22;1-2/h3-4,7,14H,5-6,8H2,1-2H3;1-2H3. The molecule has 1 amide bonds. The largest absolute Gasteiger partial charge is 0.398 e. The van der Waals surface area contributed by atoms with Gasteiger partial charge in [0.05, 0.1) is 6.04 Å². The van der Waals surface area contributed by atoms with Gasteiger partial charge in [-0.1, -0.05) is 19.9 Å². The summed E-state index contributed by atoms with van der Waals surface area (Å²) in [5.41, 5.74) is 1.63. The van der Waals surface area contributed by atoms with Crippen molar-refractivity contribution in [3.8, 4) is 0 Å². The number of hydrogen-bond acceptors (Lipinski definition) is 6. The molecule has 0 aliphatic carbocycles. The Bertz CT molecular complexity index is 730. The van der Waals surface area contributed by atoms with Crippen LogP contribution >= 0.6 is 8.69 Å². The predicted octanol–water partition coefficient (Wildman–Crippen LogP) is 3.36. The quantitative estimate of drug-likeness (QED) is 0.532. The van der Waals surface area contributed by atoms with Gasteiger partial charge >= 0.3 is 14.7 Å². The van der Waals surface area contributed by atoms with Crippen molar-refractivity contribution in [3.63, 3.8) is 0 Å². The number of hydrogen-bond donors (Lipinski definition) is 0. The molecule has 8 heteroatoms. The molecule has 0 aromatic heterocycles. The summed E-state index contributed by atoms with van der Waals surface area (Å²) in [5, 5.41) is 0. The number of nitrogens with zero attached hydrogens (tertiary/aromatic N) is 1. The molecule has 0 fully saturated rings. The van der Waals surface area contributed by atoms with Gasteiger partial charge in [0.25, 0.3) is 5.91 Å². The van der Waals surface area contributed by atoms with Crippen molar-refractivity contribution in [2.24, 2.45) is 0 Å². The molecule has 140 valence electrons. The van der Waals surface area contributed by atoms with Crippen LogP contribution < -0.4 is 0 Å². The Morgan fingerprint density at radius 1 is 1.23 bits per heavy atom. The lowest BCUT2D eigenvalue weighted by atomic mass is 10.0. The molecule has 0 saturated carbocycles. The summed E-state index contributed by atoms with van der Waals surface area (Å²) in [6.45, 7) is 6.99. The minimum Gasteiger partial charge on any atom is -0.373 e. The van der Waals surface area contributed by atoms with Crippen LogP contribution in [0.1, 0.15) is 66.8 Å². The minimum absolute atomic E-state index is 0.0863. The van der Waals surface area contributed by atoms with Gasteiger partial charge in [-0.05, 0) is 38.0 Å². The first-order valence-electron chi connectivity index (χ1n) is 8.33. The highest BCUT2D eigenvalue weighted by molar-refractivity contribution is 7.18. The zero-order valence-electron chi connectivity index (χ0n) is 15.3. The molecule has 1 heterocycles. The van der Waals surface area contributed by atoms with E-state index in [-0.39, 0.29) is 36.9 Å². The van der Waals surface area contributed by atoms with Crippen molar-refractivity contribution in [2.45, 2.75) is 53.1 Å². The highest BCUT2D eigenvalue weighted by Crippen LogP contribution is 2.27. The molecule has 0 bridgehead atoms. The van der Waals surface area contributed by atoms with E-state index in [0.29, 0.717) is 16.7 Å². The number of Topliss-reactive ketones (excluding diaryl/α,β-unsaturated/α-hetero) is 2. The second-order valence-corrected chi connectivity index (χ2v) is 5.90. The summed E-state index contributed by atoms with van der Waals surface area (Å²) in [4.78, 5) is 48.6. The summed E-state index contributed by atoms with van der Waals surface area (Å²) in [6.07, 6.45) is -0.0404. The van der Waals surface area contributed by atoms with Crippen LogP contribution in [0.4, 0.5) is 0 Å². The van der Waals surface area contributed by atoms with Crippen molar-refractivity contribution in [1.29, 1.82) is 0 Å². The molecule has 1 aromatic rings. The lowest BCUT2D eigenvalue weighted by Gasteiger charge is -2.25. The maximum atomic E-state index is 12.5. The summed E-state index contributed by atoms with van der Waals surface area (Å²) < 4.78 is 14.5. The van der Waals surface area contributed by atoms with Crippen LogP contribution in [0.25, 0.3) is 0 Å². The third kappa shape index (κ3) is 5.05. The molecule has 2 rings (SSSR count). The van der Waals surface area contributed by atoms with Crippen LogP contribution in [0.15, 0.2) is 18.2 Å². The summed E-state index contributed by atoms with van der Waals surface area (Å²) in [5.74, 6) is -1.38. The van der Waals surface area contributed by atoms with Crippen molar-refractivity contribution < 1.29 is 28.3 Å². The molecule has 0 N–H and O–H groups in total. The van der Waals surface area contributed by atoms with Gasteiger partial charge in [0.2, 0.25) is 0 Å². The van der Waals surface area contributed by atoms with Crippen LogP contribution in [0.3, 0.4) is 0 Å². The lowest BCUT2D eigenvalue weighted by molar-refractivity contribution is -0.134. The zero-order chi connectivity index (χ0) is 19.9. The number of benzene rings is 1. The molecule has 0 spiro atoms. The number of ketones is 2. The van der Waals surface area contributed by atoms with Gasteiger partial charge in [-0.25, -0.2) is 4.57 Å². The molecule has 1 aliphatic heterocycles. The first-order valence-corrected chi connectivity index (χ1v) is 9.06. The second-order valence-electron chi connectivity index (χ2n) is 5.56. The molecular weight excluding hydrogens is 357 g/mol. The smallest absolute Gasteiger partial charge is 0.373 e. The number of rotatable bonds is 7. The molecule has 1 unspecified atom stereocenters.